The minimum atomic E-state index is -1.10. The Kier molecular flexibility index (Phi) is 3.53. The van der Waals surface area contributed by atoms with Crippen LogP contribution in [0.4, 0.5) is 0 Å². The van der Waals surface area contributed by atoms with E-state index in [0.29, 0.717) is 0 Å². The molecule has 0 aromatic carbocycles. The Morgan fingerprint density at radius 2 is 2.47 bits per heavy atom. The Hall–Kier alpha value is -1.73. The zero-order chi connectivity index (χ0) is 11.4. The number of aromatic carboxylic acids is 1. The Balaban J connectivity index is 2.94. The Labute approximate surface area is 91.8 Å². The first kappa shape index (κ1) is 11.3. The Bertz CT molecular complexity index is 425. The summed E-state index contributed by atoms with van der Waals surface area (Å²) in [6, 6.07) is 1.26. The van der Waals surface area contributed by atoms with Crippen LogP contribution in [0.2, 0.25) is 5.02 Å². The molecular weight excluding hydrogens is 218 g/mol. The smallest absolute Gasteiger partial charge is 0.337 e. The van der Waals surface area contributed by atoms with Crippen molar-refractivity contribution in [3.8, 4) is 18.2 Å². The van der Waals surface area contributed by atoms with Gasteiger partial charge in [-0.25, -0.2) is 9.78 Å². The first-order valence-electron chi connectivity index (χ1n) is 4.06. The van der Waals surface area contributed by atoms with E-state index in [1.165, 1.54) is 6.07 Å². The lowest BCUT2D eigenvalue weighted by atomic mass is 10.3. The number of carboxylic acid groups (broad SMARTS) is 1. The molecule has 0 amide bonds. The molecule has 0 saturated heterocycles. The Morgan fingerprint density at radius 1 is 1.80 bits per heavy atom. The number of hydrogen-bond donors (Lipinski definition) is 1. The fourth-order valence-electron chi connectivity index (χ4n) is 0.831. The highest BCUT2D eigenvalue weighted by Gasteiger charge is 2.10. The van der Waals surface area contributed by atoms with Gasteiger partial charge in [-0.2, -0.15) is 0 Å². The molecule has 1 rings (SSSR count). The van der Waals surface area contributed by atoms with Gasteiger partial charge in [-0.1, -0.05) is 17.5 Å². The SMILES string of the molecule is C#CC(C)Oc1ncc(C(=O)O)cc1Cl. The third kappa shape index (κ3) is 2.86. The number of nitrogens with zero attached hydrogens (tertiary/aromatic N) is 1. The standard InChI is InChI=1S/C10H8ClNO3/c1-3-6(2)15-9-8(11)4-7(5-12-9)10(13)14/h1,4-6H,2H3,(H,13,14). The molecular formula is C10H8ClNO3. The van der Waals surface area contributed by atoms with E-state index in [1.807, 2.05) is 0 Å². The summed E-state index contributed by atoms with van der Waals surface area (Å²) < 4.78 is 5.16. The molecule has 78 valence electrons. The van der Waals surface area contributed by atoms with Crippen molar-refractivity contribution in [3.63, 3.8) is 0 Å². The van der Waals surface area contributed by atoms with Gasteiger partial charge in [-0.15, -0.1) is 6.42 Å². The number of carbonyl (C=O) groups is 1. The van der Waals surface area contributed by atoms with Crippen LogP contribution >= 0.6 is 11.6 Å². The maximum Gasteiger partial charge on any atom is 0.337 e. The van der Waals surface area contributed by atoms with Gasteiger partial charge in [-0.05, 0) is 13.0 Å². The van der Waals surface area contributed by atoms with Crippen LogP contribution in [0.15, 0.2) is 12.3 Å². The van der Waals surface area contributed by atoms with Crippen LogP contribution in [0.3, 0.4) is 0 Å². The lowest BCUT2D eigenvalue weighted by Gasteiger charge is -2.09. The summed E-state index contributed by atoms with van der Waals surface area (Å²) in [5, 5.41) is 8.78. The molecule has 15 heavy (non-hydrogen) atoms. The second-order valence-corrected chi connectivity index (χ2v) is 3.15. The van der Waals surface area contributed by atoms with Crippen molar-refractivity contribution >= 4 is 17.6 Å². The van der Waals surface area contributed by atoms with Gasteiger partial charge in [0.25, 0.3) is 0 Å². The van der Waals surface area contributed by atoms with Crippen molar-refractivity contribution in [1.82, 2.24) is 4.98 Å². The van der Waals surface area contributed by atoms with Gasteiger partial charge >= 0.3 is 5.97 Å². The second kappa shape index (κ2) is 4.67. The molecule has 5 heteroatoms. The second-order valence-electron chi connectivity index (χ2n) is 2.74. The summed E-state index contributed by atoms with van der Waals surface area (Å²) in [5.41, 5.74) is 0.000658. The molecule has 0 bridgehead atoms. The number of rotatable bonds is 3. The zero-order valence-electron chi connectivity index (χ0n) is 7.90. The van der Waals surface area contributed by atoms with Crippen molar-refractivity contribution in [2.45, 2.75) is 13.0 Å². The van der Waals surface area contributed by atoms with Crippen molar-refractivity contribution in [3.05, 3.63) is 22.8 Å². The normalized spacial score (nSPS) is 11.5. The van der Waals surface area contributed by atoms with Crippen molar-refractivity contribution < 1.29 is 14.6 Å². The number of carboxylic acids is 1. The molecule has 0 spiro atoms. The molecule has 0 fully saturated rings. The summed E-state index contributed by atoms with van der Waals surface area (Å²) in [7, 11) is 0. The molecule has 1 unspecified atom stereocenters. The molecule has 0 aliphatic rings. The minimum absolute atomic E-state index is 0.000658. The summed E-state index contributed by atoms with van der Waals surface area (Å²) >= 11 is 5.76. The third-order valence-electron chi connectivity index (χ3n) is 1.58. The largest absolute Gasteiger partial charge is 0.478 e. The number of aromatic nitrogens is 1. The summed E-state index contributed by atoms with van der Waals surface area (Å²) in [6.07, 6.45) is 5.80. The van der Waals surface area contributed by atoms with Crippen LogP contribution < -0.4 is 4.74 Å². The predicted molar refractivity (Wildman–Crippen MR) is 55.1 cm³/mol. The Morgan fingerprint density at radius 3 is 2.93 bits per heavy atom. The van der Waals surface area contributed by atoms with Crippen molar-refractivity contribution in [1.29, 1.82) is 0 Å². The minimum Gasteiger partial charge on any atom is -0.478 e. The summed E-state index contributed by atoms with van der Waals surface area (Å²) in [6.45, 7) is 1.66. The van der Waals surface area contributed by atoms with Crippen LogP contribution in [0.5, 0.6) is 5.88 Å². The summed E-state index contributed by atoms with van der Waals surface area (Å²) in [5.74, 6) is 1.38. The molecule has 1 aromatic rings. The van der Waals surface area contributed by atoms with Gasteiger partial charge in [0.05, 0.1) is 5.56 Å². The fraction of sp³-hybridized carbons (Fsp3) is 0.200. The van der Waals surface area contributed by atoms with Crippen molar-refractivity contribution in [2.24, 2.45) is 0 Å². The monoisotopic (exact) mass is 225 g/mol. The predicted octanol–water partition coefficient (Wildman–Crippen LogP) is 1.83. The summed E-state index contributed by atoms with van der Waals surface area (Å²) in [4.78, 5) is 14.3. The van der Waals surface area contributed by atoms with E-state index in [9.17, 15) is 4.79 Å². The van der Waals surface area contributed by atoms with Crippen LogP contribution in [0.1, 0.15) is 17.3 Å². The molecule has 0 radical (unpaired) electrons. The van der Waals surface area contributed by atoms with Crippen LogP contribution in [0, 0.1) is 12.3 Å². The van der Waals surface area contributed by atoms with Crippen LogP contribution in [-0.4, -0.2) is 22.2 Å². The molecule has 0 aliphatic heterocycles. The fourth-order valence-corrected chi connectivity index (χ4v) is 1.04. The van der Waals surface area contributed by atoms with Crippen LogP contribution in [0.25, 0.3) is 0 Å². The third-order valence-corrected chi connectivity index (χ3v) is 1.85. The zero-order valence-corrected chi connectivity index (χ0v) is 8.65. The topological polar surface area (TPSA) is 59.4 Å². The highest BCUT2D eigenvalue weighted by atomic mass is 35.5. The average molecular weight is 226 g/mol. The van der Waals surface area contributed by atoms with Gasteiger partial charge < -0.3 is 9.84 Å². The molecule has 1 atom stereocenters. The maximum atomic E-state index is 10.6. The number of hydrogen-bond acceptors (Lipinski definition) is 3. The van der Waals surface area contributed by atoms with Crippen molar-refractivity contribution in [2.75, 3.05) is 0 Å². The first-order chi connectivity index (χ1) is 7.04. The highest BCUT2D eigenvalue weighted by molar-refractivity contribution is 6.32. The van der Waals surface area contributed by atoms with E-state index in [2.05, 4.69) is 10.9 Å². The first-order valence-corrected chi connectivity index (χ1v) is 4.44. The molecule has 1 aromatic heterocycles. The van der Waals surface area contributed by atoms with Gasteiger partial charge in [0.15, 0.2) is 6.10 Å². The van der Waals surface area contributed by atoms with Crippen LogP contribution in [-0.2, 0) is 0 Å². The molecule has 4 nitrogen and oxygen atoms in total. The maximum absolute atomic E-state index is 10.6. The molecule has 1 heterocycles. The van der Waals surface area contributed by atoms with E-state index < -0.39 is 12.1 Å². The molecule has 0 aliphatic carbocycles. The van der Waals surface area contributed by atoms with Gasteiger partial charge in [-0.3, -0.25) is 0 Å². The quantitative estimate of drug-likeness (QED) is 0.798. The lowest BCUT2D eigenvalue weighted by molar-refractivity contribution is 0.0696. The number of pyridine rings is 1. The van der Waals surface area contributed by atoms with E-state index >= 15 is 0 Å². The number of halogens is 1. The van der Waals surface area contributed by atoms with Gasteiger partial charge in [0, 0.05) is 6.20 Å². The number of terminal acetylenes is 1. The van der Waals surface area contributed by atoms with E-state index in [4.69, 9.17) is 27.9 Å². The van der Waals surface area contributed by atoms with Gasteiger partial charge in [0.2, 0.25) is 5.88 Å². The van der Waals surface area contributed by atoms with E-state index in [-0.39, 0.29) is 16.5 Å². The molecule has 0 saturated carbocycles. The average Bonchev–Trinajstić information content (AvgIpc) is 2.20. The highest BCUT2D eigenvalue weighted by Crippen LogP contribution is 2.23. The van der Waals surface area contributed by atoms with E-state index in [0.717, 1.165) is 6.20 Å². The molecule has 1 N–H and O–H groups in total. The number of ether oxygens (including phenoxy) is 1. The van der Waals surface area contributed by atoms with Gasteiger partial charge in [0.1, 0.15) is 5.02 Å². The lowest BCUT2D eigenvalue weighted by Crippen LogP contribution is -2.10. The van der Waals surface area contributed by atoms with E-state index in [1.54, 1.807) is 6.92 Å².